The summed E-state index contributed by atoms with van der Waals surface area (Å²) in [6, 6.07) is 2.88. The molecule has 0 aliphatic carbocycles. The van der Waals surface area contributed by atoms with E-state index in [1.165, 1.54) is 19.2 Å². The second-order valence-electron chi connectivity index (χ2n) is 5.14. The predicted molar refractivity (Wildman–Crippen MR) is 87.4 cm³/mol. The maximum absolute atomic E-state index is 12.0. The van der Waals surface area contributed by atoms with Gasteiger partial charge in [0.15, 0.2) is 18.1 Å². The lowest BCUT2D eigenvalue weighted by molar-refractivity contribution is -0.124. The maximum Gasteiger partial charge on any atom is 0.338 e. The van der Waals surface area contributed by atoms with Crippen LogP contribution in [0.3, 0.4) is 0 Å². The van der Waals surface area contributed by atoms with Crippen LogP contribution in [0.4, 0.5) is 0 Å². The maximum atomic E-state index is 12.0. The van der Waals surface area contributed by atoms with Gasteiger partial charge < -0.3 is 19.5 Å². The van der Waals surface area contributed by atoms with Gasteiger partial charge in [-0.3, -0.25) is 4.79 Å². The third kappa shape index (κ3) is 5.98. The van der Waals surface area contributed by atoms with Crippen LogP contribution in [0.5, 0.6) is 11.5 Å². The second kappa shape index (κ2) is 9.25. The van der Waals surface area contributed by atoms with Gasteiger partial charge in [-0.05, 0) is 32.4 Å². The Morgan fingerprint density at radius 1 is 1.30 bits per heavy atom. The zero-order valence-corrected chi connectivity index (χ0v) is 14.5. The van der Waals surface area contributed by atoms with Gasteiger partial charge in [0, 0.05) is 6.04 Å². The molecule has 23 heavy (non-hydrogen) atoms. The molecule has 0 radical (unpaired) electrons. The highest BCUT2D eigenvalue weighted by molar-refractivity contribution is 6.32. The van der Waals surface area contributed by atoms with Crippen molar-refractivity contribution in [3.63, 3.8) is 0 Å². The highest BCUT2D eigenvalue weighted by Crippen LogP contribution is 2.36. The molecule has 128 valence electrons. The van der Waals surface area contributed by atoms with E-state index >= 15 is 0 Å². The van der Waals surface area contributed by atoms with Crippen molar-refractivity contribution in [3.05, 3.63) is 22.7 Å². The number of carbonyl (C=O) groups is 2. The van der Waals surface area contributed by atoms with Gasteiger partial charge in [-0.2, -0.15) is 0 Å². The lowest BCUT2D eigenvalue weighted by atomic mass is 10.2. The fraction of sp³-hybridized carbons (Fsp3) is 0.500. The van der Waals surface area contributed by atoms with Crippen LogP contribution in [-0.2, 0) is 9.53 Å². The summed E-state index contributed by atoms with van der Waals surface area (Å²) in [6.45, 7) is 5.73. The molecule has 1 aromatic carbocycles. The van der Waals surface area contributed by atoms with Crippen LogP contribution in [0.25, 0.3) is 0 Å². The number of benzene rings is 1. The number of hydrogen-bond donors (Lipinski definition) is 1. The van der Waals surface area contributed by atoms with Gasteiger partial charge in [-0.25, -0.2) is 4.79 Å². The van der Waals surface area contributed by atoms with Crippen LogP contribution < -0.4 is 14.8 Å². The topological polar surface area (TPSA) is 73.9 Å². The van der Waals surface area contributed by atoms with Crippen molar-refractivity contribution in [3.8, 4) is 11.5 Å². The second-order valence-corrected chi connectivity index (χ2v) is 5.54. The molecule has 0 saturated carbocycles. The first-order valence-electron chi connectivity index (χ1n) is 7.35. The van der Waals surface area contributed by atoms with E-state index in [1.807, 2.05) is 20.8 Å². The van der Waals surface area contributed by atoms with Gasteiger partial charge in [0.05, 0.1) is 24.3 Å². The summed E-state index contributed by atoms with van der Waals surface area (Å²) in [5, 5.41) is 2.88. The van der Waals surface area contributed by atoms with E-state index in [9.17, 15) is 9.59 Å². The monoisotopic (exact) mass is 343 g/mol. The van der Waals surface area contributed by atoms with Crippen LogP contribution in [0.2, 0.25) is 5.02 Å². The van der Waals surface area contributed by atoms with E-state index in [4.69, 9.17) is 25.8 Å². The van der Waals surface area contributed by atoms with Gasteiger partial charge in [0.25, 0.3) is 5.91 Å². The van der Waals surface area contributed by atoms with Crippen molar-refractivity contribution in [1.82, 2.24) is 5.32 Å². The Morgan fingerprint density at radius 2 is 2.00 bits per heavy atom. The number of carbonyl (C=O) groups excluding carboxylic acids is 2. The standard InChI is InChI=1S/C16H22ClNO5/c1-5-6-22-15-12(17)7-11(8-13(15)21-4)16(20)23-9-14(19)18-10(2)3/h7-8,10H,5-6,9H2,1-4H3,(H,18,19). The Hall–Kier alpha value is -1.95. The number of amides is 1. The molecule has 0 saturated heterocycles. The molecule has 0 heterocycles. The minimum atomic E-state index is -0.661. The number of nitrogens with one attached hydrogen (secondary N) is 1. The van der Waals surface area contributed by atoms with Crippen LogP contribution in [-0.4, -0.2) is 38.2 Å². The molecule has 0 fully saturated rings. The highest BCUT2D eigenvalue weighted by atomic mass is 35.5. The molecule has 6 nitrogen and oxygen atoms in total. The largest absolute Gasteiger partial charge is 0.493 e. The minimum Gasteiger partial charge on any atom is -0.493 e. The van der Waals surface area contributed by atoms with Crippen molar-refractivity contribution in [2.75, 3.05) is 20.3 Å². The number of methoxy groups -OCH3 is 1. The predicted octanol–water partition coefficient (Wildman–Crippen LogP) is 2.82. The van der Waals surface area contributed by atoms with Crippen molar-refractivity contribution >= 4 is 23.5 Å². The SMILES string of the molecule is CCCOc1c(Cl)cc(C(=O)OCC(=O)NC(C)C)cc1OC. The third-order valence-corrected chi connectivity index (χ3v) is 2.98. The van der Waals surface area contributed by atoms with Crippen LogP contribution in [0.15, 0.2) is 12.1 Å². The lowest BCUT2D eigenvalue weighted by Crippen LogP contribution is -2.33. The number of ether oxygens (including phenoxy) is 3. The van der Waals surface area contributed by atoms with Gasteiger partial charge >= 0.3 is 5.97 Å². The quantitative estimate of drug-likeness (QED) is 0.735. The van der Waals surface area contributed by atoms with E-state index in [0.717, 1.165) is 6.42 Å². The Morgan fingerprint density at radius 3 is 2.57 bits per heavy atom. The molecule has 1 N–H and O–H groups in total. The van der Waals surface area contributed by atoms with E-state index in [1.54, 1.807) is 0 Å². The molecule has 1 rings (SSSR count). The molecular weight excluding hydrogens is 322 g/mol. The molecular formula is C16H22ClNO5. The van der Waals surface area contributed by atoms with E-state index < -0.39 is 5.97 Å². The minimum absolute atomic E-state index is 0.0225. The van der Waals surface area contributed by atoms with Gasteiger partial charge in [0.2, 0.25) is 0 Å². The molecule has 0 atom stereocenters. The van der Waals surface area contributed by atoms with E-state index in [2.05, 4.69) is 5.32 Å². The number of esters is 1. The summed E-state index contributed by atoms with van der Waals surface area (Å²) in [7, 11) is 1.45. The molecule has 0 aliphatic rings. The Kier molecular flexibility index (Phi) is 7.68. The molecule has 0 spiro atoms. The van der Waals surface area contributed by atoms with Crippen LogP contribution in [0.1, 0.15) is 37.6 Å². The van der Waals surface area contributed by atoms with Gasteiger partial charge in [0.1, 0.15) is 0 Å². The normalized spacial score (nSPS) is 10.3. The zero-order valence-electron chi connectivity index (χ0n) is 13.8. The molecule has 0 bridgehead atoms. The fourth-order valence-electron chi connectivity index (χ4n) is 1.76. The summed E-state index contributed by atoms with van der Waals surface area (Å²) in [4.78, 5) is 23.5. The van der Waals surface area contributed by atoms with E-state index in [0.29, 0.717) is 18.1 Å². The first-order chi connectivity index (χ1) is 10.9. The summed E-state index contributed by atoms with van der Waals surface area (Å²) < 4.78 is 15.7. The molecule has 1 aromatic rings. The van der Waals surface area contributed by atoms with Crippen LogP contribution in [0, 0.1) is 0 Å². The van der Waals surface area contributed by atoms with Crippen molar-refractivity contribution in [2.24, 2.45) is 0 Å². The number of halogens is 1. The average Bonchev–Trinajstić information content (AvgIpc) is 2.50. The van der Waals surface area contributed by atoms with Crippen LogP contribution >= 0.6 is 11.6 Å². The average molecular weight is 344 g/mol. The molecule has 7 heteroatoms. The Bertz CT molecular complexity index is 560. The number of hydrogen-bond acceptors (Lipinski definition) is 5. The molecule has 0 aliphatic heterocycles. The Labute approximate surface area is 141 Å². The van der Waals surface area contributed by atoms with Crippen molar-refractivity contribution < 1.29 is 23.8 Å². The van der Waals surface area contributed by atoms with E-state index in [-0.39, 0.29) is 29.1 Å². The summed E-state index contributed by atoms with van der Waals surface area (Å²) in [6.07, 6.45) is 0.814. The summed E-state index contributed by atoms with van der Waals surface area (Å²) in [5.41, 5.74) is 0.188. The summed E-state index contributed by atoms with van der Waals surface area (Å²) >= 11 is 6.13. The first-order valence-corrected chi connectivity index (χ1v) is 7.73. The highest BCUT2D eigenvalue weighted by Gasteiger charge is 2.17. The molecule has 0 aromatic heterocycles. The van der Waals surface area contributed by atoms with Gasteiger partial charge in [-0.15, -0.1) is 0 Å². The molecule has 1 amide bonds. The Balaban J connectivity index is 2.81. The third-order valence-electron chi connectivity index (χ3n) is 2.70. The smallest absolute Gasteiger partial charge is 0.338 e. The number of rotatable bonds is 8. The molecule has 0 unspecified atom stereocenters. The first kappa shape index (κ1) is 19.1. The van der Waals surface area contributed by atoms with Gasteiger partial charge in [-0.1, -0.05) is 18.5 Å². The summed E-state index contributed by atoms with van der Waals surface area (Å²) in [5.74, 6) is -0.310. The van der Waals surface area contributed by atoms with Crippen molar-refractivity contribution in [1.29, 1.82) is 0 Å². The fourth-order valence-corrected chi connectivity index (χ4v) is 2.03. The van der Waals surface area contributed by atoms with Crippen molar-refractivity contribution in [2.45, 2.75) is 33.2 Å². The lowest BCUT2D eigenvalue weighted by Gasteiger charge is -2.13. The zero-order chi connectivity index (χ0) is 17.4.